The first-order valence-electron chi connectivity index (χ1n) is 14.7. The van der Waals surface area contributed by atoms with Crippen molar-refractivity contribution in [3.63, 3.8) is 0 Å². The number of morpholine rings is 2. The van der Waals surface area contributed by atoms with Crippen LogP contribution in [0.1, 0.15) is 22.3 Å². The van der Waals surface area contributed by atoms with Gasteiger partial charge in [0.1, 0.15) is 52.4 Å². The zero-order valence-corrected chi connectivity index (χ0v) is 28.2. The van der Waals surface area contributed by atoms with E-state index in [1.54, 1.807) is 0 Å². The van der Waals surface area contributed by atoms with Crippen molar-refractivity contribution >= 4 is 0 Å². The third kappa shape index (κ3) is 11.0. The predicted molar refractivity (Wildman–Crippen MR) is 168 cm³/mol. The van der Waals surface area contributed by atoms with Crippen molar-refractivity contribution in [1.29, 1.82) is 0 Å². The van der Waals surface area contributed by atoms with E-state index in [0.29, 0.717) is 0 Å². The molecule has 0 amide bonds. The summed E-state index contributed by atoms with van der Waals surface area (Å²) in [7, 11) is 0. The second kappa shape index (κ2) is 18.5. The Bertz CT molecular complexity index is 1430. The van der Waals surface area contributed by atoms with Crippen molar-refractivity contribution in [3.8, 4) is 47.4 Å². The molecule has 0 N–H and O–H groups in total. The molecule has 0 aromatic heterocycles. The maximum atomic E-state index is 5.64. The summed E-state index contributed by atoms with van der Waals surface area (Å²) in [5.41, 5.74) is 4.12. The molecule has 226 valence electrons. The standard InChI is InChI=1S/C38H38N2O2.2BrH/c1-3-11-35(12-4-1)15-7-23-39(27-31-41-32-28-39)25-9-17-37-19-21-38(22-20-37)18-10-26-40(29-33-42-34-30-40)24-8-16-36-13-5-2-6-14-36;;/h1-6,11-14,19-22H,23-34H2;2*1H/q+2;;/p-2. The van der Waals surface area contributed by atoms with Gasteiger partial charge >= 0.3 is 0 Å². The van der Waals surface area contributed by atoms with Gasteiger partial charge in [-0.05, 0) is 72.2 Å². The van der Waals surface area contributed by atoms with Crippen LogP contribution in [0.15, 0.2) is 84.9 Å². The van der Waals surface area contributed by atoms with E-state index in [-0.39, 0.29) is 34.0 Å². The predicted octanol–water partition coefficient (Wildman–Crippen LogP) is -1.80. The lowest BCUT2D eigenvalue weighted by Gasteiger charge is -2.38. The summed E-state index contributed by atoms with van der Waals surface area (Å²) in [6.45, 7) is 9.90. The van der Waals surface area contributed by atoms with Crippen molar-refractivity contribution < 1.29 is 52.4 Å². The average Bonchev–Trinajstić information content (AvgIpc) is 3.04. The van der Waals surface area contributed by atoms with Crippen molar-refractivity contribution in [2.75, 3.05) is 78.8 Å². The molecular formula is C38H38Br2N2O2. The van der Waals surface area contributed by atoms with E-state index in [2.05, 4.69) is 95.9 Å². The van der Waals surface area contributed by atoms with Gasteiger partial charge < -0.3 is 43.4 Å². The van der Waals surface area contributed by atoms with Crippen LogP contribution in [0.5, 0.6) is 0 Å². The zero-order chi connectivity index (χ0) is 28.8. The fraction of sp³-hybridized carbons (Fsp3) is 0.316. The Labute approximate surface area is 284 Å². The lowest BCUT2D eigenvalue weighted by atomic mass is 10.1. The minimum Gasteiger partial charge on any atom is -1.00 e. The molecule has 44 heavy (non-hydrogen) atoms. The van der Waals surface area contributed by atoms with Crippen LogP contribution in [0.25, 0.3) is 0 Å². The summed E-state index contributed by atoms with van der Waals surface area (Å²) in [5.74, 6) is 27.0. The molecule has 0 bridgehead atoms. The van der Waals surface area contributed by atoms with E-state index in [4.69, 9.17) is 9.47 Å². The Hall–Kier alpha value is -3.30. The molecule has 0 radical (unpaired) electrons. The van der Waals surface area contributed by atoms with Gasteiger partial charge in [-0.2, -0.15) is 0 Å². The molecular weight excluding hydrogens is 676 g/mol. The molecule has 2 heterocycles. The summed E-state index contributed by atoms with van der Waals surface area (Å²) in [6.07, 6.45) is 0. The number of nitrogens with zero attached hydrogens (tertiary/aromatic N) is 2. The summed E-state index contributed by atoms with van der Waals surface area (Å²) < 4.78 is 13.0. The first kappa shape index (κ1) is 35.2. The fourth-order valence-electron chi connectivity index (χ4n) is 5.12. The Kier molecular flexibility index (Phi) is 14.8. The number of hydrogen-bond acceptors (Lipinski definition) is 2. The largest absolute Gasteiger partial charge is 1.00 e. The highest BCUT2D eigenvalue weighted by Crippen LogP contribution is 2.12. The first-order chi connectivity index (χ1) is 20.7. The first-order valence-corrected chi connectivity index (χ1v) is 14.7. The average molecular weight is 715 g/mol. The third-order valence-electron chi connectivity index (χ3n) is 7.86. The highest BCUT2D eigenvalue weighted by Gasteiger charge is 2.29. The van der Waals surface area contributed by atoms with Crippen molar-refractivity contribution in [2.24, 2.45) is 0 Å². The number of hydrogen-bond donors (Lipinski definition) is 0. The number of ether oxygens (including phenoxy) is 2. The molecule has 2 aliphatic rings. The van der Waals surface area contributed by atoms with Crippen LogP contribution < -0.4 is 34.0 Å². The highest BCUT2D eigenvalue weighted by atomic mass is 79.9. The van der Waals surface area contributed by atoms with Gasteiger partial charge in [-0.15, -0.1) is 0 Å². The van der Waals surface area contributed by atoms with E-state index in [0.717, 1.165) is 110 Å². The molecule has 0 aliphatic carbocycles. The monoisotopic (exact) mass is 712 g/mol. The normalized spacial score (nSPS) is 15.8. The Morgan fingerprint density at radius 3 is 0.977 bits per heavy atom. The van der Waals surface area contributed by atoms with Gasteiger partial charge in [0.15, 0.2) is 0 Å². The van der Waals surface area contributed by atoms with Crippen molar-refractivity contribution in [2.45, 2.75) is 0 Å². The molecule has 2 saturated heterocycles. The van der Waals surface area contributed by atoms with Crippen LogP contribution in [0.4, 0.5) is 0 Å². The Balaban J connectivity index is 0.00000264. The summed E-state index contributed by atoms with van der Waals surface area (Å²) in [6, 6.07) is 28.6. The second-order valence-corrected chi connectivity index (χ2v) is 11.0. The second-order valence-electron chi connectivity index (χ2n) is 11.0. The molecule has 5 rings (SSSR count). The van der Waals surface area contributed by atoms with E-state index in [9.17, 15) is 0 Å². The minimum absolute atomic E-state index is 0. The van der Waals surface area contributed by atoms with Crippen LogP contribution in [0, 0.1) is 47.4 Å². The van der Waals surface area contributed by atoms with Crippen LogP contribution >= 0.6 is 0 Å². The Morgan fingerprint density at radius 2 is 0.682 bits per heavy atom. The van der Waals surface area contributed by atoms with Gasteiger partial charge in [-0.1, -0.05) is 60.1 Å². The number of halogens is 2. The van der Waals surface area contributed by atoms with Crippen LogP contribution in [-0.2, 0) is 9.47 Å². The molecule has 0 spiro atoms. The maximum Gasteiger partial charge on any atom is 0.142 e. The molecule has 3 aromatic rings. The summed E-state index contributed by atoms with van der Waals surface area (Å²) in [4.78, 5) is 0. The molecule has 2 aliphatic heterocycles. The topological polar surface area (TPSA) is 18.5 Å². The van der Waals surface area contributed by atoms with E-state index >= 15 is 0 Å². The quantitative estimate of drug-likeness (QED) is 0.235. The van der Waals surface area contributed by atoms with Gasteiger partial charge in [-0.3, -0.25) is 8.97 Å². The number of rotatable bonds is 4. The minimum atomic E-state index is 0. The van der Waals surface area contributed by atoms with E-state index in [1.807, 2.05) is 36.4 Å². The smallest absolute Gasteiger partial charge is 0.142 e. The van der Waals surface area contributed by atoms with E-state index < -0.39 is 0 Å². The number of quaternary nitrogens is 2. The molecule has 3 aromatic carbocycles. The van der Waals surface area contributed by atoms with Crippen LogP contribution in [0.3, 0.4) is 0 Å². The lowest BCUT2D eigenvalue weighted by Crippen LogP contribution is -3.00. The number of benzene rings is 3. The summed E-state index contributed by atoms with van der Waals surface area (Å²) >= 11 is 0. The lowest BCUT2D eigenvalue weighted by molar-refractivity contribution is -0.922. The highest BCUT2D eigenvalue weighted by molar-refractivity contribution is 5.42. The van der Waals surface area contributed by atoms with Crippen LogP contribution in [-0.4, -0.2) is 87.8 Å². The summed E-state index contributed by atoms with van der Waals surface area (Å²) in [5, 5.41) is 0. The fourth-order valence-corrected chi connectivity index (χ4v) is 5.12. The molecule has 2 fully saturated rings. The third-order valence-corrected chi connectivity index (χ3v) is 7.86. The maximum absolute atomic E-state index is 5.64. The van der Waals surface area contributed by atoms with Crippen LogP contribution in [0.2, 0.25) is 0 Å². The van der Waals surface area contributed by atoms with Gasteiger partial charge in [0, 0.05) is 22.3 Å². The van der Waals surface area contributed by atoms with Crippen molar-refractivity contribution in [1.82, 2.24) is 0 Å². The molecule has 0 saturated carbocycles. The van der Waals surface area contributed by atoms with Gasteiger partial charge in [0.05, 0.1) is 26.4 Å². The molecule has 6 heteroatoms. The van der Waals surface area contributed by atoms with Crippen molar-refractivity contribution in [3.05, 3.63) is 107 Å². The molecule has 0 atom stereocenters. The zero-order valence-electron chi connectivity index (χ0n) is 25.0. The Morgan fingerprint density at radius 1 is 0.409 bits per heavy atom. The molecule has 0 unspecified atom stereocenters. The van der Waals surface area contributed by atoms with E-state index in [1.165, 1.54) is 0 Å². The SMILES string of the molecule is C(#Cc1ccccc1)C[N+]1(CC#Cc2ccc(C#CC[N+]3(CC#Cc4ccccc4)CCOCC3)cc2)CCOCC1.[Br-].[Br-]. The molecule has 4 nitrogen and oxygen atoms in total. The van der Waals surface area contributed by atoms with Gasteiger partial charge in [0.25, 0.3) is 0 Å². The van der Waals surface area contributed by atoms with Gasteiger partial charge in [0.2, 0.25) is 0 Å². The van der Waals surface area contributed by atoms with Gasteiger partial charge in [-0.25, -0.2) is 0 Å².